The molecule has 0 aliphatic carbocycles. The molecular formula is C18H18FNO. The number of ether oxygens (including phenoxy) is 1. The van der Waals surface area contributed by atoms with E-state index in [-0.39, 0.29) is 18.0 Å². The van der Waals surface area contributed by atoms with Gasteiger partial charge in [0, 0.05) is 23.8 Å². The van der Waals surface area contributed by atoms with Crippen LogP contribution in [0, 0.1) is 11.7 Å². The maximum atomic E-state index is 13.2. The van der Waals surface area contributed by atoms with Crippen molar-refractivity contribution in [2.24, 2.45) is 5.92 Å². The van der Waals surface area contributed by atoms with Crippen molar-refractivity contribution in [2.75, 3.05) is 11.9 Å². The molecule has 3 heteroatoms. The standard InChI is InChI=1S/C18H18FNO/c19-13-9-7-12(8-10-13)17-15-5-3-11-21-18(15)14-4-1-2-6-16(14)20-17/h1-2,4,6-10,15,17-18,20H,3,5,11H2/t15-,17+,18-/m1/s1. The summed E-state index contributed by atoms with van der Waals surface area (Å²) in [4.78, 5) is 0. The predicted octanol–water partition coefficient (Wildman–Crippen LogP) is 4.46. The molecule has 2 aliphatic heterocycles. The first-order chi connectivity index (χ1) is 10.3. The van der Waals surface area contributed by atoms with Crippen molar-refractivity contribution >= 4 is 5.69 Å². The predicted molar refractivity (Wildman–Crippen MR) is 80.6 cm³/mol. The molecule has 0 aromatic heterocycles. The van der Waals surface area contributed by atoms with Crippen molar-refractivity contribution in [1.82, 2.24) is 0 Å². The van der Waals surface area contributed by atoms with Crippen LogP contribution in [0.3, 0.4) is 0 Å². The summed E-state index contributed by atoms with van der Waals surface area (Å²) < 4.78 is 19.3. The van der Waals surface area contributed by atoms with Gasteiger partial charge in [-0.15, -0.1) is 0 Å². The number of halogens is 1. The molecule has 0 radical (unpaired) electrons. The van der Waals surface area contributed by atoms with Gasteiger partial charge in [0.2, 0.25) is 0 Å². The van der Waals surface area contributed by atoms with Crippen molar-refractivity contribution in [2.45, 2.75) is 25.0 Å². The first-order valence-electron chi connectivity index (χ1n) is 7.55. The number of anilines is 1. The van der Waals surface area contributed by atoms with Crippen molar-refractivity contribution in [3.05, 3.63) is 65.5 Å². The third-order valence-corrected chi connectivity index (χ3v) is 4.60. The molecule has 2 nitrogen and oxygen atoms in total. The van der Waals surface area contributed by atoms with Crippen LogP contribution in [0.25, 0.3) is 0 Å². The van der Waals surface area contributed by atoms with Crippen LogP contribution in [0.2, 0.25) is 0 Å². The van der Waals surface area contributed by atoms with Crippen molar-refractivity contribution in [1.29, 1.82) is 0 Å². The van der Waals surface area contributed by atoms with Crippen LogP contribution in [0.15, 0.2) is 48.5 Å². The van der Waals surface area contributed by atoms with Gasteiger partial charge >= 0.3 is 0 Å². The zero-order valence-corrected chi connectivity index (χ0v) is 11.8. The molecule has 0 saturated carbocycles. The van der Waals surface area contributed by atoms with E-state index in [0.717, 1.165) is 30.7 Å². The number of hydrogen-bond donors (Lipinski definition) is 1. The molecule has 2 aromatic carbocycles. The van der Waals surface area contributed by atoms with Crippen LogP contribution >= 0.6 is 0 Å². The number of para-hydroxylation sites is 1. The molecule has 2 aliphatic rings. The first-order valence-corrected chi connectivity index (χ1v) is 7.55. The van der Waals surface area contributed by atoms with Gasteiger partial charge in [-0.05, 0) is 36.6 Å². The van der Waals surface area contributed by atoms with Gasteiger partial charge in [0.25, 0.3) is 0 Å². The summed E-state index contributed by atoms with van der Waals surface area (Å²) >= 11 is 0. The molecule has 1 fully saturated rings. The van der Waals surface area contributed by atoms with E-state index in [0.29, 0.717) is 5.92 Å². The van der Waals surface area contributed by atoms with E-state index in [1.165, 1.54) is 17.7 Å². The van der Waals surface area contributed by atoms with E-state index in [2.05, 4.69) is 23.5 Å². The highest BCUT2D eigenvalue weighted by molar-refractivity contribution is 5.57. The Hall–Kier alpha value is -1.87. The highest BCUT2D eigenvalue weighted by Crippen LogP contribution is 2.48. The normalized spacial score (nSPS) is 27.4. The van der Waals surface area contributed by atoms with Gasteiger partial charge in [-0.1, -0.05) is 30.3 Å². The van der Waals surface area contributed by atoms with E-state index >= 15 is 0 Å². The Balaban J connectivity index is 1.76. The van der Waals surface area contributed by atoms with E-state index in [4.69, 9.17) is 4.74 Å². The highest BCUT2D eigenvalue weighted by Gasteiger charge is 2.39. The average molecular weight is 283 g/mol. The zero-order chi connectivity index (χ0) is 14.2. The monoisotopic (exact) mass is 283 g/mol. The molecule has 2 heterocycles. The second-order valence-corrected chi connectivity index (χ2v) is 5.86. The molecule has 0 amide bonds. The largest absolute Gasteiger partial charge is 0.378 e. The lowest BCUT2D eigenvalue weighted by Crippen LogP contribution is -2.35. The third kappa shape index (κ3) is 2.22. The van der Waals surface area contributed by atoms with Crippen molar-refractivity contribution in [3.8, 4) is 0 Å². The topological polar surface area (TPSA) is 21.3 Å². The van der Waals surface area contributed by atoms with Gasteiger partial charge in [0.1, 0.15) is 5.82 Å². The average Bonchev–Trinajstić information content (AvgIpc) is 2.55. The molecule has 3 atom stereocenters. The van der Waals surface area contributed by atoms with Crippen molar-refractivity contribution in [3.63, 3.8) is 0 Å². The number of benzene rings is 2. The van der Waals surface area contributed by atoms with Gasteiger partial charge < -0.3 is 10.1 Å². The minimum atomic E-state index is -0.189. The van der Waals surface area contributed by atoms with Gasteiger partial charge in [-0.2, -0.15) is 0 Å². The molecule has 0 unspecified atom stereocenters. The van der Waals surface area contributed by atoms with Gasteiger partial charge in [-0.3, -0.25) is 0 Å². The molecule has 1 saturated heterocycles. The summed E-state index contributed by atoms with van der Waals surface area (Å²) in [6, 6.07) is 15.4. The maximum absolute atomic E-state index is 13.2. The molecule has 108 valence electrons. The Labute approximate surface area is 123 Å². The molecule has 4 rings (SSSR count). The summed E-state index contributed by atoms with van der Waals surface area (Å²) in [7, 11) is 0. The summed E-state index contributed by atoms with van der Waals surface area (Å²) in [6.07, 6.45) is 2.36. The summed E-state index contributed by atoms with van der Waals surface area (Å²) in [5, 5.41) is 3.63. The Morgan fingerprint density at radius 3 is 2.71 bits per heavy atom. The molecule has 1 N–H and O–H groups in total. The van der Waals surface area contributed by atoms with Crippen LogP contribution in [0.4, 0.5) is 10.1 Å². The fraction of sp³-hybridized carbons (Fsp3) is 0.333. The van der Waals surface area contributed by atoms with E-state index in [1.54, 1.807) is 0 Å². The first kappa shape index (κ1) is 12.8. The molecule has 21 heavy (non-hydrogen) atoms. The smallest absolute Gasteiger partial charge is 0.123 e. The fourth-order valence-electron chi connectivity index (χ4n) is 3.62. The van der Waals surface area contributed by atoms with Gasteiger partial charge in [0.15, 0.2) is 0 Å². The maximum Gasteiger partial charge on any atom is 0.123 e. The minimum absolute atomic E-state index is 0.145. The summed E-state index contributed by atoms with van der Waals surface area (Å²) in [5.41, 5.74) is 3.52. The van der Waals surface area contributed by atoms with Crippen molar-refractivity contribution < 1.29 is 9.13 Å². The third-order valence-electron chi connectivity index (χ3n) is 4.60. The number of fused-ring (bicyclic) bond motifs is 3. The van der Waals surface area contributed by atoms with E-state index in [1.807, 2.05) is 18.2 Å². The lowest BCUT2D eigenvalue weighted by atomic mass is 9.77. The quantitative estimate of drug-likeness (QED) is 0.834. The van der Waals surface area contributed by atoms with Crippen LogP contribution in [0.1, 0.15) is 36.1 Å². The van der Waals surface area contributed by atoms with Crippen LogP contribution < -0.4 is 5.32 Å². The molecule has 0 bridgehead atoms. The number of nitrogens with one attached hydrogen (secondary N) is 1. The van der Waals surface area contributed by atoms with Crippen LogP contribution in [-0.4, -0.2) is 6.61 Å². The highest BCUT2D eigenvalue weighted by atomic mass is 19.1. The fourth-order valence-corrected chi connectivity index (χ4v) is 3.62. The van der Waals surface area contributed by atoms with Crippen LogP contribution in [0.5, 0.6) is 0 Å². The van der Waals surface area contributed by atoms with Crippen LogP contribution in [-0.2, 0) is 4.74 Å². The Kier molecular flexibility index (Phi) is 3.15. The minimum Gasteiger partial charge on any atom is -0.378 e. The Bertz CT molecular complexity index is 640. The number of rotatable bonds is 1. The molecule has 2 aromatic rings. The SMILES string of the molecule is Fc1ccc([C@@H]2Nc3ccccc3[C@H]3OCCC[C@@H]32)cc1. The zero-order valence-electron chi connectivity index (χ0n) is 11.8. The molecule has 0 spiro atoms. The van der Waals surface area contributed by atoms with E-state index in [9.17, 15) is 4.39 Å². The molecular weight excluding hydrogens is 265 g/mol. The number of hydrogen-bond acceptors (Lipinski definition) is 2. The second-order valence-electron chi connectivity index (χ2n) is 5.86. The lowest BCUT2D eigenvalue weighted by Gasteiger charge is -2.43. The second kappa shape index (κ2) is 5.15. The Morgan fingerprint density at radius 2 is 1.86 bits per heavy atom. The lowest BCUT2D eigenvalue weighted by molar-refractivity contribution is -0.0381. The summed E-state index contributed by atoms with van der Waals surface area (Å²) in [5.74, 6) is 0.213. The summed E-state index contributed by atoms with van der Waals surface area (Å²) in [6.45, 7) is 0.825. The van der Waals surface area contributed by atoms with Gasteiger partial charge in [-0.25, -0.2) is 4.39 Å². The Morgan fingerprint density at radius 1 is 1.05 bits per heavy atom. The van der Waals surface area contributed by atoms with E-state index < -0.39 is 0 Å². The van der Waals surface area contributed by atoms with Gasteiger partial charge in [0.05, 0.1) is 12.1 Å².